The van der Waals surface area contributed by atoms with Crippen molar-refractivity contribution in [2.75, 3.05) is 26.9 Å². The summed E-state index contributed by atoms with van der Waals surface area (Å²) in [4.78, 5) is 27.2. The number of phenolic OH excluding ortho intramolecular Hbond substituents is 1. The maximum atomic E-state index is 13.0. The van der Waals surface area contributed by atoms with Gasteiger partial charge in [0.15, 0.2) is 0 Å². The van der Waals surface area contributed by atoms with Crippen molar-refractivity contribution in [1.29, 1.82) is 0 Å². The molecule has 1 aliphatic rings. The quantitative estimate of drug-likeness (QED) is 0.276. The third kappa shape index (κ3) is 4.88. The van der Waals surface area contributed by atoms with Crippen LogP contribution in [0.1, 0.15) is 36.9 Å². The lowest BCUT2D eigenvalue weighted by atomic mass is 9.95. The van der Waals surface area contributed by atoms with Gasteiger partial charge in [0.05, 0.1) is 18.2 Å². The van der Waals surface area contributed by atoms with Crippen molar-refractivity contribution in [1.82, 2.24) is 4.90 Å². The standard InChI is InChI=1S/C24H27NO6/c1-3-12-31-19-10-5-8-17(15-19)22(27)20-21(16-7-4-9-18(26)14-16)25(11-6-13-30-2)24(29)23(20)28/h4-5,7-10,14-15,21,26-27H,3,6,11-13H2,1-2H3/b22-20-. The van der Waals surface area contributed by atoms with Gasteiger partial charge in [-0.3, -0.25) is 9.59 Å². The van der Waals surface area contributed by atoms with Gasteiger partial charge < -0.3 is 24.6 Å². The summed E-state index contributed by atoms with van der Waals surface area (Å²) in [6.07, 6.45) is 1.36. The Kier molecular flexibility index (Phi) is 7.31. The Morgan fingerprint density at radius 2 is 1.87 bits per heavy atom. The molecule has 0 aliphatic carbocycles. The maximum absolute atomic E-state index is 13.0. The van der Waals surface area contributed by atoms with E-state index in [0.29, 0.717) is 36.5 Å². The van der Waals surface area contributed by atoms with E-state index in [-0.39, 0.29) is 23.6 Å². The number of aliphatic hydroxyl groups excluding tert-OH is 1. The maximum Gasteiger partial charge on any atom is 0.295 e. The number of benzene rings is 2. The van der Waals surface area contributed by atoms with Crippen LogP contribution in [0.2, 0.25) is 0 Å². The van der Waals surface area contributed by atoms with E-state index in [9.17, 15) is 19.8 Å². The first-order valence-corrected chi connectivity index (χ1v) is 10.3. The van der Waals surface area contributed by atoms with Crippen molar-refractivity contribution in [2.45, 2.75) is 25.8 Å². The Bertz CT molecular complexity index is 984. The number of methoxy groups -OCH3 is 1. The minimum absolute atomic E-state index is 0.00921. The molecule has 3 rings (SSSR count). The summed E-state index contributed by atoms with van der Waals surface area (Å²) < 4.78 is 10.7. The fourth-order valence-electron chi connectivity index (χ4n) is 3.64. The van der Waals surface area contributed by atoms with E-state index in [2.05, 4.69) is 0 Å². The molecule has 0 aromatic heterocycles. The Morgan fingerprint density at radius 3 is 2.58 bits per heavy atom. The molecule has 1 fully saturated rings. The zero-order chi connectivity index (χ0) is 22.4. The average Bonchev–Trinajstić information content (AvgIpc) is 3.02. The number of nitrogens with zero attached hydrogens (tertiary/aromatic N) is 1. The Labute approximate surface area is 181 Å². The molecule has 0 radical (unpaired) electrons. The normalized spacial score (nSPS) is 17.9. The van der Waals surface area contributed by atoms with E-state index < -0.39 is 17.7 Å². The van der Waals surface area contributed by atoms with Gasteiger partial charge in [-0.05, 0) is 42.7 Å². The number of ether oxygens (including phenoxy) is 2. The molecule has 31 heavy (non-hydrogen) atoms. The number of Topliss-reactive ketones (excluding diaryl/α,β-unsaturated/α-hetero) is 1. The lowest BCUT2D eigenvalue weighted by Gasteiger charge is -2.25. The number of ketones is 1. The number of phenols is 1. The highest BCUT2D eigenvalue weighted by atomic mass is 16.5. The van der Waals surface area contributed by atoms with E-state index in [1.165, 1.54) is 17.0 Å². The second kappa shape index (κ2) is 10.1. The van der Waals surface area contributed by atoms with Gasteiger partial charge in [-0.2, -0.15) is 0 Å². The topological polar surface area (TPSA) is 96.3 Å². The van der Waals surface area contributed by atoms with Crippen molar-refractivity contribution < 1.29 is 29.3 Å². The van der Waals surface area contributed by atoms with Gasteiger partial charge in [-0.15, -0.1) is 0 Å². The number of hydrogen-bond donors (Lipinski definition) is 2. The number of hydrogen-bond acceptors (Lipinski definition) is 6. The minimum atomic E-state index is -0.816. The number of amides is 1. The molecule has 1 saturated heterocycles. The van der Waals surface area contributed by atoms with Crippen LogP contribution in [-0.2, 0) is 14.3 Å². The van der Waals surface area contributed by atoms with E-state index in [1.54, 1.807) is 43.5 Å². The first-order valence-electron chi connectivity index (χ1n) is 10.3. The van der Waals surface area contributed by atoms with Crippen molar-refractivity contribution in [3.05, 3.63) is 65.2 Å². The SMILES string of the molecule is CCCOc1cccc(/C(O)=C2/C(=O)C(=O)N(CCCOC)C2c2cccc(O)c2)c1. The molecule has 2 aromatic carbocycles. The monoisotopic (exact) mass is 425 g/mol. The number of aromatic hydroxyl groups is 1. The van der Waals surface area contributed by atoms with Crippen molar-refractivity contribution in [3.8, 4) is 11.5 Å². The molecule has 1 aliphatic heterocycles. The first-order chi connectivity index (χ1) is 15.0. The van der Waals surface area contributed by atoms with E-state index in [4.69, 9.17) is 9.47 Å². The van der Waals surface area contributed by atoms with Crippen LogP contribution in [0, 0.1) is 0 Å². The van der Waals surface area contributed by atoms with Crippen molar-refractivity contribution in [2.24, 2.45) is 0 Å². The molecule has 0 spiro atoms. The third-order valence-corrected chi connectivity index (χ3v) is 5.05. The van der Waals surface area contributed by atoms with Gasteiger partial charge in [-0.1, -0.05) is 31.2 Å². The highest BCUT2D eigenvalue weighted by Gasteiger charge is 2.45. The van der Waals surface area contributed by atoms with E-state index in [0.717, 1.165) is 6.42 Å². The summed E-state index contributed by atoms with van der Waals surface area (Å²) in [7, 11) is 1.56. The second-order valence-corrected chi connectivity index (χ2v) is 7.31. The Morgan fingerprint density at radius 1 is 1.10 bits per heavy atom. The Hall–Kier alpha value is -3.32. The zero-order valence-corrected chi connectivity index (χ0v) is 17.7. The lowest BCUT2D eigenvalue weighted by Crippen LogP contribution is -2.31. The summed E-state index contributed by atoms with van der Waals surface area (Å²) >= 11 is 0. The highest BCUT2D eigenvalue weighted by Crippen LogP contribution is 2.40. The molecule has 1 heterocycles. The molecule has 0 bridgehead atoms. The van der Waals surface area contributed by atoms with Gasteiger partial charge in [0.2, 0.25) is 0 Å². The second-order valence-electron chi connectivity index (χ2n) is 7.31. The number of carbonyl (C=O) groups excluding carboxylic acids is 2. The van der Waals surface area contributed by atoms with Crippen LogP contribution in [-0.4, -0.2) is 53.7 Å². The third-order valence-electron chi connectivity index (χ3n) is 5.05. The highest BCUT2D eigenvalue weighted by molar-refractivity contribution is 6.46. The predicted octanol–water partition coefficient (Wildman–Crippen LogP) is 3.64. The first kappa shape index (κ1) is 22.4. The molecule has 1 unspecified atom stereocenters. The van der Waals surface area contributed by atoms with Gasteiger partial charge in [-0.25, -0.2) is 0 Å². The molecule has 1 atom stereocenters. The molecule has 7 heteroatoms. The van der Waals surface area contributed by atoms with Crippen LogP contribution in [0.4, 0.5) is 0 Å². The summed E-state index contributed by atoms with van der Waals surface area (Å²) in [6, 6.07) is 12.3. The number of carbonyl (C=O) groups is 2. The molecular formula is C24H27NO6. The van der Waals surface area contributed by atoms with Crippen LogP contribution in [0.15, 0.2) is 54.1 Å². The van der Waals surface area contributed by atoms with E-state index >= 15 is 0 Å². The summed E-state index contributed by atoms with van der Waals surface area (Å²) in [5.41, 5.74) is 0.908. The van der Waals surface area contributed by atoms with E-state index in [1.807, 2.05) is 6.92 Å². The summed E-state index contributed by atoms with van der Waals surface area (Å²) in [5, 5.41) is 21.0. The molecule has 164 valence electrons. The van der Waals surface area contributed by atoms with Crippen molar-refractivity contribution >= 4 is 17.4 Å². The molecular weight excluding hydrogens is 398 g/mol. The lowest BCUT2D eigenvalue weighted by molar-refractivity contribution is -0.140. The largest absolute Gasteiger partial charge is 0.508 e. The minimum Gasteiger partial charge on any atom is -0.508 e. The molecule has 0 saturated carbocycles. The average molecular weight is 425 g/mol. The fraction of sp³-hybridized carbons (Fsp3) is 0.333. The number of rotatable bonds is 9. The van der Waals surface area contributed by atoms with Crippen LogP contribution in [0.25, 0.3) is 5.76 Å². The van der Waals surface area contributed by atoms with Crippen LogP contribution >= 0.6 is 0 Å². The van der Waals surface area contributed by atoms with Crippen LogP contribution < -0.4 is 4.74 Å². The summed E-state index contributed by atoms with van der Waals surface area (Å²) in [5.74, 6) is -1.15. The smallest absolute Gasteiger partial charge is 0.295 e. The van der Waals surface area contributed by atoms with Crippen LogP contribution in [0.3, 0.4) is 0 Å². The number of likely N-dealkylation sites (tertiary alicyclic amines) is 1. The molecule has 2 N–H and O–H groups in total. The number of aliphatic hydroxyl groups is 1. The Balaban J connectivity index is 2.08. The summed E-state index contributed by atoms with van der Waals surface area (Å²) in [6.45, 7) is 3.21. The zero-order valence-electron chi connectivity index (χ0n) is 17.7. The van der Waals surface area contributed by atoms with Crippen LogP contribution in [0.5, 0.6) is 11.5 Å². The predicted molar refractivity (Wildman–Crippen MR) is 116 cm³/mol. The molecule has 1 amide bonds. The molecule has 2 aromatic rings. The molecule has 7 nitrogen and oxygen atoms in total. The fourth-order valence-corrected chi connectivity index (χ4v) is 3.64. The van der Waals surface area contributed by atoms with Gasteiger partial charge >= 0.3 is 0 Å². The van der Waals surface area contributed by atoms with Gasteiger partial charge in [0.1, 0.15) is 17.3 Å². The van der Waals surface area contributed by atoms with Crippen molar-refractivity contribution in [3.63, 3.8) is 0 Å². The van der Waals surface area contributed by atoms with Gasteiger partial charge in [0.25, 0.3) is 11.7 Å². The van der Waals surface area contributed by atoms with Gasteiger partial charge in [0, 0.05) is 25.8 Å².